The smallest absolute Gasteiger partial charge is 0.429 e. The van der Waals surface area contributed by atoms with Gasteiger partial charge in [0, 0.05) is 17.3 Å². The highest BCUT2D eigenvalue weighted by Crippen LogP contribution is 2.70. The number of benzene rings is 1. The van der Waals surface area contributed by atoms with Crippen LogP contribution >= 0.6 is 85.5 Å². The van der Waals surface area contributed by atoms with Gasteiger partial charge in [0.25, 0.3) is 0 Å². The average Bonchev–Trinajstić information content (AvgIpc) is 3.38. The van der Waals surface area contributed by atoms with Gasteiger partial charge in [0.1, 0.15) is 36.5 Å². The molecule has 0 aromatic heterocycles. The van der Waals surface area contributed by atoms with Gasteiger partial charge in [0.15, 0.2) is 0 Å². The normalized spacial score (nSPS) is 31.7. The fourth-order valence-electron chi connectivity index (χ4n) is 5.42. The second-order valence-corrected chi connectivity index (χ2v) is 15.1. The Morgan fingerprint density at radius 2 is 1.35 bits per heavy atom. The number of carbonyl (C=O) groups excluding carboxylic acids is 2. The van der Waals surface area contributed by atoms with Crippen LogP contribution in [-0.4, -0.2) is 72.4 Å². The molecule has 202 valence electrons. The zero-order valence-corrected chi connectivity index (χ0v) is 24.8. The molecule has 1 aromatic carbocycles. The van der Waals surface area contributed by atoms with Crippen LogP contribution in [-0.2, 0) is 25.6 Å². The van der Waals surface area contributed by atoms with E-state index < -0.39 is 56.3 Å². The van der Waals surface area contributed by atoms with Crippen molar-refractivity contribution in [2.24, 2.45) is 0 Å². The summed E-state index contributed by atoms with van der Waals surface area (Å²) in [6.45, 7) is -0.678. The van der Waals surface area contributed by atoms with Gasteiger partial charge in [0.05, 0.1) is 12.7 Å². The lowest BCUT2D eigenvalue weighted by Gasteiger charge is -2.50. The van der Waals surface area contributed by atoms with Crippen LogP contribution in [0.2, 0.25) is 0 Å². The summed E-state index contributed by atoms with van der Waals surface area (Å²) in [5.41, 5.74) is -0.540. The molecule has 2 amide bonds. The number of amides is 2. The number of ether oxygens (including phenoxy) is 4. The standard InChI is InChI=1S/C22H19BrCl6N2O6/c23-13-3-1-12(2-4-13)9-34-14-7-19-15-5-6-16(20(19,8-14)37-19)31(18(33)36-11-22(27,28)29)30(15)17(32)35-10-21(24,25)26/h1-6,14-16H,7-11H2/t14?,15-,16+,19+,20-. The van der Waals surface area contributed by atoms with Crippen molar-refractivity contribution in [2.75, 3.05) is 13.2 Å². The molecule has 1 unspecified atom stereocenters. The highest BCUT2D eigenvalue weighted by molar-refractivity contribution is 9.10. The van der Waals surface area contributed by atoms with Gasteiger partial charge in [-0.3, -0.25) is 0 Å². The lowest BCUT2D eigenvalue weighted by molar-refractivity contribution is -0.0881. The van der Waals surface area contributed by atoms with Crippen LogP contribution in [0.4, 0.5) is 9.59 Å². The summed E-state index contributed by atoms with van der Waals surface area (Å²) in [5, 5.41) is 2.23. The predicted molar refractivity (Wildman–Crippen MR) is 142 cm³/mol. The molecule has 3 aliphatic heterocycles. The fourth-order valence-corrected chi connectivity index (χ4v) is 6.01. The zero-order valence-electron chi connectivity index (χ0n) is 18.7. The number of carbonyl (C=O) groups is 2. The van der Waals surface area contributed by atoms with E-state index in [-0.39, 0.29) is 6.10 Å². The highest BCUT2D eigenvalue weighted by atomic mass is 79.9. The van der Waals surface area contributed by atoms with E-state index >= 15 is 0 Å². The topological polar surface area (TPSA) is 80.8 Å². The number of epoxide rings is 1. The first-order chi connectivity index (χ1) is 17.2. The number of hydrogen-bond donors (Lipinski definition) is 0. The van der Waals surface area contributed by atoms with E-state index in [9.17, 15) is 9.59 Å². The van der Waals surface area contributed by atoms with Crippen molar-refractivity contribution in [1.82, 2.24) is 10.0 Å². The Kier molecular flexibility index (Phi) is 7.56. The maximum absolute atomic E-state index is 13.2. The molecule has 5 aliphatic rings. The van der Waals surface area contributed by atoms with Gasteiger partial charge in [-0.15, -0.1) is 0 Å². The molecule has 37 heavy (non-hydrogen) atoms. The summed E-state index contributed by atoms with van der Waals surface area (Å²) < 4.78 is 20.2. The van der Waals surface area contributed by atoms with Crippen molar-refractivity contribution in [3.05, 3.63) is 46.5 Å². The Bertz CT molecular complexity index is 1050. The second-order valence-electron chi connectivity index (χ2n) is 9.15. The summed E-state index contributed by atoms with van der Waals surface area (Å²) in [6.07, 6.45) is 2.56. The second kappa shape index (κ2) is 9.93. The summed E-state index contributed by atoms with van der Waals surface area (Å²) in [6, 6.07) is 6.41. The minimum atomic E-state index is -1.85. The molecule has 6 rings (SSSR count). The Hall–Kier alpha value is -0.360. The summed E-state index contributed by atoms with van der Waals surface area (Å²) in [7, 11) is 0. The lowest BCUT2D eigenvalue weighted by atomic mass is 9.76. The molecule has 0 spiro atoms. The number of halogens is 7. The third-order valence-electron chi connectivity index (χ3n) is 6.78. The van der Waals surface area contributed by atoms with Gasteiger partial charge >= 0.3 is 12.2 Å². The number of hydrazine groups is 1. The molecule has 15 heteroatoms. The third-order valence-corrected chi connectivity index (χ3v) is 7.97. The van der Waals surface area contributed by atoms with Crippen LogP contribution < -0.4 is 0 Å². The molecule has 0 N–H and O–H groups in total. The van der Waals surface area contributed by atoms with E-state index in [1.165, 1.54) is 0 Å². The van der Waals surface area contributed by atoms with Crippen LogP contribution in [0.3, 0.4) is 0 Å². The first-order valence-corrected chi connectivity index (χ1v) is 14.1. The van der Waals surface area contributed by atoms with Crippen LogP contribution in [0.5, 0.6) is 0 Å². The Morgan fingerprint density at radius 3 is 1.78 bits per heavy atom. The first kappa shape index (κ1) is 28.2. The van der Waals surface area contributed by atoms with Crippen molar-refractivity contribution >= 4 is 97.7 Å². The van der Waals surface area contributed by atoms with Gasteiger partial charge in [-0.05, 0) is 17.7 Å². The highest BCUT2D eigenvalue weighted by Gasteiger charge is 2.86. The van der Waals surface area contributed by atoms with E-state index in [0.29, 0.717) is 19.4 Å². The largest absolute Gasteiger partial charge is 0.444 e. The van der Waals surface area contributed by atoms with E-state index in [1.54, 1.807) is 12.2 Å². The molecule has 3 heterocycles. The lowest BCUT2D eigenvalue weighted by Crippen LogP contribution is -2.71. The minimum absolute atomic E-state index is 0.182. The summed E-state index contributed by atoms with van der Waals surface area (Å²) >= 11 is 38.0. The van der Waals surface area contributed by atoms with Crippen molar-refractivity contribution in [3.8, 4) is 0 Å². The Balaban J connectivity index is 1.37. The summed E-state index contributed by atoms with van der Waals surface area (Å²) in [5.74, 6) is 0. The van der Waals surface area contributed by atoms with Crippen molar-refractivity contribution < 1.29 is 28.5 Å². The number of nitrogens with zero attached hydrogens (tertiary/aromatic N) is 2. The van der Waals surface area contributed by atoms with Gasteiger partial charge in [-0.2, -0.15) is 0 Å². The van der Waals surface area contributed by atoms with Crippen LogP contribution in [0.25, 0.3) is 0 Å². The monoisotopic (exact) mass is 696 g/mol. The van der Waals surface area contributed by atoms with Gasteiger partial charge in [-0.1, -0.05) is 110 Å². The molecule has 2 bridgehead atoms. The molecular weight excluding hydrogens is 681 g/mol. The summed E-state index contributed by atoms with van der Waals surface area (Å²) in [4.78, 5) is 26.4. The fraction of sp³-hybridized carbons (Fsp3) is 0.545. The SMILES string of the molecule is O=C(OCC(Cl)(Cl)Cl)N1[C@H]2C=C[C@@H](N1C(=O)OCC(Cl)(Cl)Cl)[C@@]13CC(OCc4ccc(Br)cc4)C[C@@]21O3. The van der Waals surface area contributed by atoms with Crippen molar-refractivity contribution in [2.45, 2.75) is 56.4 Å². The van der Waals surface area contributed by atoms with E-state index in [2.05, 4.69) is 15.9 Å². The quantitative estimate of drug-likeness (QED) is 0.199. The molecule has 3 fully saturated rings. The molecule has 2 aliphatic carbocycles. The average molecular weight is 700 g/mol. The Morgan fingerprint density at radius 1 is 0.892 bits per heavy atom. The van der Waals surface area contributed by atoms with Gasteiger partial charge < -0.3 is 18.9 Å². The molecular formula is C22H19BrCl6N2O6. The molecule has 5 atom stereocenters. The van der Waals surface area contributed by atoms with Gasteiger partial charge in [-0.25, -0.2) is 19.6 Å². The number of hydrogen-bond acceptors (Lipinski definition) is 6. The third kappa shape index (κ3) is 5.37. The number of rotatable bonds is 5. The van der Waals surface area contributed by atoms with Crippen molar-refractivity contribution in [3.63, 3.8) is 0 Å². The molecule has 0 radical (unpaired) electrons. The molecule has 2 saturated heterocycles. The van der Waals surface area contributed by atoms with Crippen LogP contribution in [0.15, 0.2) is 40.9 Å². The molecule has 1 saturated carbocycles. The zero-order chi connectivity index (χ0) is 26.8. The van der Waals surface area contributed by atoms with E-state index in [0.717, 1.165) is 20.1 Å². The van der Waals surface area contributed by atoms with Crippen LogP contribution in [0.1, 0.15) is 18.4 Å². The van der Waals surface area contributed by atoms with Crippen LogP contribution in [0, 0.1) is 0 Å². The molecule has 1 aromatic rings. The number of alkyl halides is 6. The number of fused-ring (bicyclic) bond motifs is 1. The maximum atomic E-state index is 13.2. The molecule has 8 nitrogen and oxygen atoms in total. The predicted octanol–water partition coefficient (Wildman–Crippen LogP) is 6.49. The maximum Gasteiger partial charge on any atom is 0.429 e. The minimum Gasteiger partial charge on any atom is -0.444 e. The Labute approximate surface area is 251 Å². The van der Waals surface area contributed by atoms with Crippen molar-refractivity contribution in [1.29, 1.82) is 0 Å². The first-order valence-electron chi connectivity index (χ1n) is 11.0. The van der Waals surface area contributed by atoms with E-state index in [1.807, 2.05) is 24.3 Å². The van der Waals surface area contributed by atoms with Gasteiger partial charge in [0.2, 0.25) is 7.59 Å². The van der Waals surface area contributed by atoms with E-state index in [4.69, 9.17) is 88.6 Å².